The lowest BCUT2D eigenvalue weighted by Crippen LogP contribution is -2.61. The quantitative estimate of drug-likeness (QED) is 0.123. The van der Waals surface area contributed by atoms with Crippen LogP contribution in [0.15, 0.2) is 47.5 Å². The summed E-state index contributed by atoms with van der Waals surface area (Å²) in [5.41, 5.74) is -2.44. The lowest BCUT2D eigenvalue weighted by atomic mass is 9.77. The lowest BCUT2D eigenvalue weighted by molar-refractivity contribution is -0.318. The highest BCUT2D eigenvalue weighted by molar-refractivity contribution is 5.73. The highest BCUT2D eigenvalue weighted by Crippen LogP contribution is 2.41. The summed E-state index contributed by atoms with van der Waals surface area (Å²) in [6.45, 7) is 17.5. The Kier molecular flexibility index (Phi) is 20.6. The molecule has 0 radical (unpaired) electrons. The van der Waals surface area contributed by atoms with Crippen LogP contribution in [0.1, 0.15) is 118 Å². The highest BCUT2D eigenvalue weighted by Gasteiger charge is 2.53. The first-order valence-electron chi connectivity index (χ1n) is 26.6. The maximum Gasteiger partial charge on any atom is 0.311 e. The lowest BCUT2D eigenvalue weighted by Gasteiger charge is -2.49. The summed E-state index contributed by atoms with van der Waals surface area (Å²) in [6.07, 6.45) is -5.09. The van der Waals surface area contributed by atoms with Gasteiger partial charge in [-0.25, -0.2) is 14.1 Å². The molecular weight excluding hydrogens is 976 g/mol. The van der Waals surface area contributed by atoms with Crippen LogP contribution in [0.25, 0.3) is 11.3 Å². The molecule has 0 amide bonds. The SMILES string of the molecule is CC[C@H]1OC(=O)[C@H](C)[C@@H](O[C@H]2C[C@@](C)(OC)[C@@H](O)[C@H](C)O2)[C@H](C)[C@@H](O[C@@H]2O[C@H](C)C[C@H](N(C)CCc3cn([C@H](CF)[C@H](OC)c4ccc(-c5cnco5)cc4)nn3)[C@H]2O)[C@](C)(O)C[C@@H](C)CN(C)[C@H](C)[C@@H](O)[C@]1(C)O. The van der Waals surface area contributed by atoms with E-state index in [0.717, 1.165) is 11.1 Å². The number of cyclic esters (lactones) is 1. The molecule has 1 aromatic carbocycles. The van der Waals surface area contributed by atoms with E-state index in [9.17, 15) is 34.7 Å². The first-order chi connectivity index (χ1) is 35.3. The number of hydrogen-bond donors (Lipinski definition) is 5. The molecule has 3 aliphatic heterocycles. The van der Waals surface area contributed by atoms with E-state index in [1.54, 1.807) is 60.9 Å². The highest BCUT2D eigenvalue weighted by atomic mass is 19.1. The minimum Gasteiger partial charge on any atom is -0.459 e. The molecule has 3 saturated heterocycles. The molecule has 21 heteroatoms. The molecule has 0 unspecified atom stereocenters. The van der Waals surface area contributed by atoms with Gasteiger partial charge in [0.1, 0.15) is 48.8 Å². The van der Waals surface area contributed by atoms with Gasteiger partial charge in [0.2, 0.25) is 0 Å². The molecule has 0 bridgehead atoms. The van der Waals surface area contributed by atoms with Crippen LogP contribution in [0.3, 0.4) is 0 Å². The number of aliphatic hydroxyl groups excluding tert-OH is 3. The van der Waals surface area contributed by atoms with E-state index in [-0.39, 0.29) is 25.2 Å². The number of halogens is 1. The normalized spacial score (nSPS) is 38.9. The minimum atomic E-state index is -1.85. The van der Waals surface area contributed by atoms with Crippen LogP contribution in [0, 0.1) is 17.8 Å². The van der Waals surface area contributed by atoms with E-state index in [0.29, 0.717) is 37.4 Å². The zero-order chi connectivity index (χ0) is 55.3. The average Bonchev–Trinajstić information content (AvgIpc) is 4.09. The number of likely N-dealkylation sites (N-methyl/N-ethyl adjacent to an activating group) is 2. The Morgan fingerprint density at radius 3 is 2.28 bits per heavy atom. The standard InChI is InChI=1S/C54H87FN6O14/c1-15-42-54(10,67)47(63)34(6)60(12)27-30(2)23-52(8,66)49(32(4)45(33(5)50(65)73-42)74-43-24-53(9,69-14)48(64)35(7)72-43)75-51-44(62)39(22-31(3)71-51)59(11)21-20-38-28-61(58-57-38)40(25-55)46(68-13)37-18-16-36(17-19-37)41-26-56-29-70-41/h16-19,26,28-35,39-40,42-49,51,62-64,66-67H,15,20-25,27H2,1-14H3/t30-,31-,32+,33-,34-,35+,39+,40-,42-,43+,44-,45+,46-,47-,48+,49-,51+,52-,53-,54-/m1/s1. The van der Waals surface area contributed by atoms with Crippen LogP contribution in [-0.2, 0) is 44.4 Å². The van der Waals surface area contributed by atoms with Crippen molar-refractivity contribution in [3.05, 3.63) is 54.3 Å². The van der Waals surface area contributed by atoms with Gasteiger partial charge in [-0.2, -0.15) is 0 Å². The Labute approximate surface area is 442 Å². The number of carbonyl (C=O) groups excluding carboxylic acids is 1. The van der Waals surface area contributed by atoms with Crippen LogP contribution >= 0.6 is 0 Å². The monoisotopic (exact) mass is 1060 g/mol. The molecule has 0 saturated carbocycles. The van der Waals surface area contributed by atoms with Crippen molar-refractivity contribution in [2.24, 2.45) is 17.8 Å². The molecular formula is C54H87FN6O14. The van der Waals surface area contributed by atoms with Crippen molar-refractivity contribution in [3.63, 3.8) is 0 Å². The van der Waals surface area contributed by atoms with E-state index in [4.69, 9.17) is 37.6 Å². The van der Waals surface area contributed by atoms with Crippen LogP contribution in [-0.4, -0.2) is 200 Å². The molecule has 0 aliphatic carbocycles. The summed E-state index contributed by atoms with van der Waals surface area (Å²) in [5.74, 6) is -2.28. The molecule has 3 fully saturated rings. The molecule has 6 rings (SSSR count). The maximum absolute atomic E-state index is 14.9. The summed E-state index contributed by atoms with van der Waals surface area (Å²) in [7, 11) is 6.73. The molecule has 3 aromatic rings. The molecule has 75 heavy (non-hydrogen) atoms. The number of hydrogen-bond acceptors (Lipinski definition) is 19. The third-order valence-corrected chi connectivity index (χ3v) is 16.4. The van der Waals surface area contributed by atoms with Gasteiger partial charge in [0.05, 0.1) is 53.4 Å². The topological polar surface area (TPSA) is 246 Å². The Balaban J connectivity index is 1.26. The van der Waals surface area contributed by atoms with Crippen molar-refractivity contribution < 1.29 is 72.3 Å². The zero-order valence-corrected chi connectivity index (χ0v) is 46.5. The Hall–Kier alpha value is -3.55. The summed E-state index contributed by atoms with van der Waals surface area (Å²) < 4.78 is 65.9. The molecule has 0 spiro atoms. The number of aromatic nitrogens is 4. The van der Waals surface area contributed by atoms with Gasteiger partial charge in [0.15, 0.2) is 24.7 Å². The number of alkyl halides is 1. The third kappa shape index (κ3) is 13.8. The van der Waals surface area contributed by atoms with Crippen molar-refractivity contribution in [2.75, 3.05) is 48.1 Å². The predicted octanol–water partition coefficient (Wildman–Crippen LogP) is 4.66. The van der Waals surface area contributed by atoms with Gasteiger partial charge < -0.3 is 72.9 Å². The third-order valence-electron chi connectivity index (χ3n) is 16.4. The number of aliphatic hydroxyl groups is 5. The van der Waals surface area contributed by atoms with E-state index in [2.05, 4.69) is 15.3 Å². The predicted molar refractivity (Wildman–Crippen MR) is 274 cm³/mol. The molecule has 424 valence electrons. The Morgan fingerprint density at radius 2 is 1.67 bits per heavy atom. The fourth-order valence-corrected chi connectivity index (χ4v) is 11.7. The first kappa shape index (κ1) is 60.7. The van der Waals surface area contributed by atoms with Crippen molar-refractivity contribution in [1.29, 1.82) is 0 Å². The molecule has 20 atom stereocenters. The van der Waals surface area contributed by atoms with E-state index in [1.807, 2.05) is 62.0 Å². The van der Waals surface area contributed by atoms with Crippen LogP contribution < -0.4 is 0 Å². The van der Waals surface area contributed by atoms with Gasteiger partial charge in [-0.1, -0.05) is 50.3 Å². The maximum atomic E-state index is 14.9. The molecule has 5 heterocycles. The fourth-order valence-electron chi connectivity index (χ4n) is 11.7. The minimum absolute atomic E-state index is 0.0819. The number of ether oxygens (including phenoxy) is 7. The first-order valence-corrected chi connectivity index (χ1v) is 26.6. The second-order valence-electron chi connectivity index (χ2n) is 22.5. The second-order valence-corrected chi connectivity index (χ2v) is 22.5. The number of carbonyl (C=O) groups is 1. The van der Waals surface area contributed by atoms with Gasteiger partial charge in [0, 0.05) is 69.9 Å². The summed E-state index contributed by atoms with van der Waals surface area (Å²) in [4.78, 5) is 22.4. The van der Waals surface area contributed by atoms with Gasteiger partial charge in [-0.15, -0.1) is 5.10 Å². The number of benzene rings is 1. The smallest absolute Gasteiger partial charge is 0.311 e. The van der Waals surface area contributed by atoms with E-state index >= 15 is 0 Å². The van der Waals surface area contributed by atoms with Crippen molar-refractivity contribution >= 4 is 5.97 Å². The van der Waals surface area contributed by atoms with Gasteiger partial charge in [-0.05, 0) is 93.3 Å². The van der Waals surface area contributed by atoms with Crippen LogP contribution in [0.5, 0.6) is 0 Å². The molecule has 20 nitrogen and oxygen atoms in total. The zero-order valence-electron chi connectivity index (χ0n) is 46.5. The van der Waals surface area contributed by atoms with E-state index in [1.165, 1.54) is 32.2 Å². The largest absolute Gasteiger partial charge is 0.459 e. The summed E-state index contributed by atoms with van der Waals surface area (Å²) in [6, 6.07) is 5.53. The number of rotatable bonds is 16. The van der Waals surface area contributed by atoms with Gasteiger partial charge >= 0.3 is 5.97 Å². The van der Waals surface area contributed by atoms with Crippen molar-refractivity contribution in [3.8, 4) is 11.3 Å². The average molecular weight is 1060 g/mol. The molecule has 5 N–H and O–H groups in total. The number of esters is 1. The second kappa shape index (κ2) is 25.5. The Morgan fingerprint density at radius 1 is 0.973 bits per heavy atom. The van der Waals surface area contributed by atoms with Crippen molar-refractivity contribution in [2.45, 2.75) is 204 Å². The molecule has 2 aromatic heterocycles. The van der Waals surface area contributed by atoms with Crippen LogP contribution in [0.2, 0.25) is 0 Å². The summed E-state index contributed by atoms with van der Waals surface area (Å²) >= 11 is 0. The van der Waals surface area contributed by atoms with E-state index < -0.39 is 127 Å². The van der Waals surface area contributed by atoms with Gasteiger partial charge in [-0.3, -0.25) is 4.79 Å². The fraction of sp³-hybridized carbons (Fsp3) is 0.778. The number of methoxy groups -OCH3 is 2. The number of oxazole rings is 1. The van der Waals surface area contributed by atoms with Crippen LogP contribution in [0.4, 0.5) is 4.39 Å². The Bertz CT molecular complexity index is 2220. The van der Waals surface area contributed by atoms with Crippen molar-refractivity contribution in [1.82, 2.24) is 29.8 Å². The van der Waals surface area contributed by atoms with Gasteiger partial charge in [0.25, 0.3) is 0 Å². The molecule has 3 aliphatic rings. The number of nitrogens with zero attached hydrogens (tertiary/aromatic N) is 6. The summed E-state index contributed by atoms with van der Waals surface area (Å²) in [5, 5.41) is 68.6.